The number of likely N-dealkylation sites (tertiary alicyclic amines) is 1. The molecule has 0 saturated carbocycles. The van der Waals surface area contributed by atoms with Crippen molar-refractivity contribution in [2.24, 2.45) is 0 Å². The Bertz CT molecular complexity index is 1570. The highest BCUT2D eigenvalue weighted by atomic mass is 127. The van der Waals surface area contributed by atoms with Crippen molar-refractivity contribution in [1.29, 1.82) is 0 Å². The molecule has 1 heterocycles. The van der Waals surface area contributed by atoms with Gasteiger partial charge in [-0.25, -0.2) is 4.79 Å². The van der Waals surface area contributed by atoms with Gasteiger partial charge in [0, 0.05) is 22.6 Å². The molecule has 2 unspecified atom stereocenters. The molecule has 5 nitrogen and oxygen atoms in total. The lowest BCUT2D eigenvalue weighted by atomic mass is 9.76. The van der Waals surface area contributed by atoms with Gasteiger partial charge in [-0.2, -0.15) is 0 Å². The first-order chi connectivity index (χ1) is 21.5. The number of nitrogens with one attached hydrogen (secondary N) is 1. The number of rotatable bonds is 11. The van der Waals surface area contributed by atoms with Crippen LogP contribution < -0.4 is 5.32 Å². The largest absolute Gasteiger partial charge is 0.456 e. The van der Waals surface area contributed by atoms with Crippen molar-refractivity contribution in [1.82, 2.24) is 10.2 Å². The summed E-state index contributed by atoms with van der Waals surface area (Å²) in [6.45, 7) is 3.79. The average molecular weight is 713 g/mol. The van der Waals surface area contributed by atoms with E-state index in [9.17, 15) is 9.59 Å². The minimum Gasteiger partial charge on any atom is -0.456 e. The number of hydrogen-bond acceptors (Lipinski definition) is 5. The van der Waals surface area contributed by atoms with Crippen molar-refractivity contribution in [2.75, 3.05) is 5.75 Å². The first-order valence-corrected chi connectivity index (χ1v) is 16.5. The predicted octanol–water partition coefficient (Wildman–Crippen LogP) is 7.27. The number of β-lactam (4-membered cyclic amide) rings is 1. The second-order valence-electron chi connectivity index (χ2n) is 10.6. The van der Waals surface area contributed by atoms with Crippen LogP contribution in [0.4, 0.5) is 0 Å². The van der Waals surface area contributed by atoms with E-state index < -0.39 is 22.9 Å². The van der Waals surface area contributed by atoms with Crippen LogP contribution in [0.1, 0.15) is 36.1 Å². The summed E-state index contributed by atoms with van der Waals surface area (Å²) in [4.78, 5) is 29.4. The van der Waals surface area contributed by atoms with Gasteiger partial charge in [-0.1, -0.05) is 127 Å². The number of allylic oxidation sites excluding steroid dienone is 1. The Morgan fingerprint density at radius 2 is 1.32 bits per heavy atom. The van der Waals surface area contributed by atoms with Gasteiger partial charge in [0.1, 0.15) is 23.7 Å². The van der Waals surface area contributed by atoms with Crippen LogP contribution >= 0.6 is 34.4 Å². The Hall–Kier alpha value is -3.84. The van der Waals surface area contributed by atoms with Crippen LogP contribution in [0.15, 0.2) is 133 Å². The molecule has 0 radical (unpaired) electrons. The zero-order valence-electron chi connectivity index (χ0n) is 24.6. The summed E-state index contributed by atoms with van der Waals surface area (Å²) in [5.74, 6) is 2.90. The van der Waals surface area contributed by atoms with Crippen molar-refractivity contribution >= 4 is 46.2 Å². The fourth-order valence-electron chi connectivity index (χ4n) is 5.54. The van der Waals surface area contributed by atoms with Gasteiger partial charge in [-0.3, -0.25) is 15.0 Å². The van der Waals surface area contributed by atoms with Crippen LogP contribution in [-0.4, -0.2) is 33.9 Å². The van der Waals surface area contributed by atoms with E-state index in [0.29, 0.717) is 11.3 Å². The molecule has 5 rings (SSSR count). The molecule has 4 aromatic carbocycles. The number of carbonyl (C=O) groups is 2. The zero-order valence-corrected chi connectivity index (χ0v) is 27.5. The van der Waals surface area contributed by atoms with E-state index in [1.807, 2.05) is 121 Å². The van der Waals surface area contributed by atoms with Crippen LogP contribution in [0, 0.1) is 9.85 Å². The number of nitrogens with zero attached hydrogens (tertiary/aromatic N) is 1. The van der Waals surface area contributed by atoms with Gasteiger partial charge >= 0.3 is 5.97 Å². The van der Waals surface area contributed by atoms with Crippen LogP contribution in [0.5, 0.6) is 0 Å². The van der Waals surface area contributed by atoms with Gasteiger partial charge in [0.05, 0.1) is 11.3 Å². The highest BCUT2D eigenvalue weighted by Crippen LogP contribution is 2.42. The maximum Gasteiger partial charge on any atom is 0.355 e. The SMILES string of the molecule is CC(C)=C(C(=O)OCc1ccccc1)N1C(=O)C(NC(c2ccccc2)(c2ccccc2)c2ccccc2)C1SCC#CI. The molecule has 44 heavy (non-hydrogen) atoms. The number of ether oxygens (including phenoxy) is 1. The average Bonchev–Trinajstić information content (AvgIpc) is 3.07. The maximum atomic E-state index is 14.3. The second kappa shape index (κ2) is 14.8. The molecule has 1 N–H and O–H groups in total. The summed E-state index contributed by atoms with van der Waals surface area (Å²) < 4.78 is 8.65. The van der Waals surface area contributed by atoms with Gasteiger partial charge in [0.15, 0.2) is 0 Å². The maximum absolute atomic E-state index is 14.3. The molecule has 1 fully saturated rings. The molecule has 0 aliphatic carbocycles. The predicted molar refractivity (Wildman–Crippen MR) is 186 cm³/mol. The minimum absolute atomic E-state index is 0.122. The summed E-state index contributed by atoms with van der Waals surface area (Å²) in [6, 6.07) is 39.5. The molecule has 1 saturated heterocycles. The van der Waals surface area contributed by atoms with Crippen molar-refractivity contribution in [3.63, 3.8) is 0 Å². The summed E-state index contributed by atoms with van der Waals surface area (Å²) in [5.41, 5.74) is 4.03. The number of hydrogen-bond donors (Lipinski definition) is 1. The molecular formula is C37H33IN2O3S. The number of amides is 1. The molecular weight excluding hydrogens is 679 g/mol. The van der Waals surface area contributed by atoms with Crippen molar-refractivity contribution in [2.45, 2.75) is 37.4 Å². The second-order valence-corrected chi connectivity index (χ2v) is 12.2. The quantitative estimate of drug-likeness (QED) is 0.0443. The third-order valence-electron chi connectivity index (χ3n) is 7.55. The Morgan fingerprint density at radius 1 is 0.841 bits per heavy atom. The lowest BCUT2D eigenvalue weighted by molar-refractivity contribution is -0.152. The lowest BCUT2D eigenvalue weighted by Crippen LogP contribution is -2.72. The Morgan fingerprint density at radius 3 is 1.77 bits per heavy atom. The van der Waals surface area contributed by atoms with Crippen molar-refractivity contribution in [3.8, 4) is 9.85 Å². The molecule has 1 aliphatic rings. The molecule has 0 spiro atoms. The van der Waals surface area contributed by atoms with E-state index >= 15 is 0 Å². The number of thioether (sulfide) groups is 1. The normalized spacial score (nSPS) is 15.9. The first kappa shape index (κ1) is 31.6. The molecule has 0 aromatic heterocycles. The lowest BCUT2D eigenvalue weighted by Gasteiger charge is -2.51. The van der Waals surface area contributed by atoms with Crippen LogP contribution in [0.2, 0.25) is 0 Å². The molecule has 0 bridgehead atoms. The van der Waals surface area contributed by atoms with E-state index in [1.54, 1.807) is 4.90 Å². The monoisotopic (exact) mass is 712 g/mol. The number of halogens is 1. The van der Waals surface area contributed by atoms with E-state index in [-0.39, 0.29) is 18.2 Å². The number of esters is 1. The fourth-order valence-corrected chi connectivity index (χ4v) is 7.05. The molecule has 2 atom stereocenters. The van der Waals surface area contributed by atoms with Gasteiger partial charge in [-0.05, 0) is 45.6 Å². The Kier molecular flexibility index (Phi) is 10.6. The standard InChI is InChI=1S/C37H33IN2O3S/c1-27(2)33(36(42)43-26-28-16-7-3-8-17-28)40-34(41)32(35(40)44-25-15-24-38)39-37(29-18-9-4-10-19-29,30-20-11-5-12-21-30)31-22-13-6-14-23-31/h3-14,16-23,32,35,39H,25-26H2,1-2H3. The fraction of sp³-hybridized carbons (Fsp3) is 0.189. The van der Waals surface area contributed by atoms with E-state index in [1.165, 1.54) is 11.8 Å². The van der Waals surface area contributed by atoms with E-state index in [2.05, 4.69) is 51.6 Å². The third kappa shape index (κ3) is 6.63. The molecule has 1 amide bonds. The van der Waals surface area contributed by atoms with Crippen molar-refractivity contribution in [3.05, 3.63) is 155 Å². The highest BCUT2D eigenvalue weighted by molar-refractivity contribution is 14.1. The third-order valence-corrected chi connectivity index (χ3v) is 9.07. The summed E-state index contributed by atoms with van der Waals surface area (Å²) >= 11 is 3.56. The zero-order chi connectivity index (χ0) is 30.9. The van der Waals surface area contributed by atoms with Gasteiger partial charge in [0.25, 0.3) is 0 Å². The van der Waals surface area contributed by atoms with Gasteiger partial charge in [0.2, 0.25) is 5.91 Å². The van der Waals surface area contributed by atoms with Crippen LogP contribution in [0.25, 0.3) is 0 Å². The Labute approximate surface area is 277 Å². The first-order valence-electron chi connectivity index (χ1n) is 14.3. The van der Waals surface area contributed by atoms with Gasteiger partial charge in [-0.15, -0.1) is 11.8 Å². The van der Waals surface area contributed by atoms with Crippen LogP contribution in [0.3, 0.4) is 0 Å². The van der Waals surface area contributed by atoms with E-state index in [4.69, 9.17) is 4.74 Å². The minimum atomic E-state index is -0.844. The molecule has 4 aromatic rings. The molecule has 7 heteroatoms. The summed E-state index contributed by atoms with van der Waals surface area (Å²) in [6.07, 6.45) is 0. The smallest absolute Gasteiger partial charge is 0.355 e. The topological polar surface area (TPSA) is 58.6 Å². The number of benzene rings is 4. The summed E-state index contributed by atoms with van der Waals surface area (Å²) in [5, 5.41) is 3.43. The molecule has 1 aliphatic heterocycles. The molecule has 222 valence electrons. The van der Waals surface area contributed by atoms with Crippen molar-refractivity contribution < 1.29 is 14.3 Å². The highest BCUT2D eigenvalue weighted by Gasteiger charge is 2.54. The van der Waals surface area contributed by atoms with Gasteiger partial charge < -0.3 is 4.74 Å². The number of carbonyl (C=O) groups excluding carboxylic acids is 2. The summed E-state index contributed by atoms with van der Waals surface area (Å²) in [7, 11) is 0. The van der Waals surface area contributed by atoms with Crippen LogP contribution in [-0.2, 0) is 26.5 Å². The van der Waals surface area contributed by atoms with E-state index in [0.717, 1.165) is 22.3 Å². The Balaban J connectivity index is 1.55.